The minimum atomic E-state index is -0.295. The van der Waals surface area contributed by atoms with Crippen LogP contribution in [0.5, 0.6) is 0 Å². The van der Waals surface area contributed by atoms with Gasteiger partial charge in [-0.15, -0.1) is 0 Å². The molecule has 1 saturated heterocycles. The number of rotatable bonds is 4. The summed E-state index contributed by atoms with van der Waals surface area (Å²) in [4.78, 5) is 14.3. The number of Topliss-reactive ketones (excluding diaryl/α,β-unsaturated/α-hetero) is 1. The van der Waals surface area contributed by atoms with Gasteiger partial charge < -0.3 is 4.90 Å². The van der Waals surface area contributed by atoms with Crippen LogP contribution >= 0.6 is 0 Å². The zero-order chi connectivity index (χ0) is 13.0. The third kappa shape index (κ3) is 3.64. The van der Waals surface area contributed by atoms with Gasteiger partial charge in [-0.2, -0.15) is 0 Å². The van der Waals surface area contributed by atoms with Crippen LogP contribution < -0.4 is 0 Å². The summed E-state index contributed by atoms with van der Waals surface area (Å²) in [5, 5.41) is 0. The van der Waals surface area contributed by atoms with Crippen molar-refractivity contribution in [1.82, 2.24) is 4.90 Å². The Kier molecular flexibility index (Phi) is 4.48. The van der Waals surface area contributed by atoms with Gasteiger partial charge in [0.2, 0.25) is 0 Å². The molecule has 0 unspecified atom stereocenters. The first-order chi connectivity index (χ1) is 8.65. The summed E-state index contributed by atoms with van der Waals surface area (Å²) >= 11 is 0. The molecule has 3 heteroatoms. The predicted molar refractivity (Wildman–Crippen MR) is 70.2 cm³/mol. The first-order valence-corrected chi connectivity index (χ1v) is 6.66. The van der Waals surface area contributed by atoms with E-state index in [0.29, 0.717) is 12.0 Å². The van der Waals surface area contributed by atoms with E-state index in [4.69, 9.17) is 0 Å². The standard InChI is InChI=1S/C15H20FNO/c1-12-6-9-17(10-7-12)11-8-15(18)13-2-4-14(16)5-3-13/h2-5,12H,6-11H2,1H3. The highest BCUT2D eigenvalue weighted by Gasteiger charge is 2.16. The first-order valence-electron chi connectivity index (χ1n) is 6.66. The van der Waals surface area contributed by atoms with Crippen LogP contribution in [0.15, 0.2) is 24.3 Å². The van der Waals surface area contributed by atoms with E-state index in [1.165, 1.54) is 25.0 Å². The van der Waals surface area contributed by atoms with Crippen LogP contribution in [0.1, 0.15) is 36.5 Å². The lowest BCUT2D eigenvalue weighted by atomic mass is 9.99. The molecule has 1 fully saturated rings. The number of hydrogen-bond acceptors (Lipinski definition) is 2. The van der Waals surface area contributed by atoms with E-state index in [0.717, 1.165) is 25.6 Å². The van der Waals surface area contributed by atoms with Crippen molar-refractivity contribution < 1.29 is 9.18 Å². The molecule has 0 spiro atoms. The molecule has 1 aromatic carbocycles. The Hall–Kier alpha value is -1.22. The smallest absolute Gasteiger partial charge is 0.164 e. The Morgan fingerprint density at radius 3 is 2.50 bits per heavy atom. The zero-order valence-electron chi connectivity index (χ0n) is 10.9. The summed E-state index contributed by atoms with van der Waals surface area (Å²) in [6.07, 6.45) is 2.98. The predicted octanol–water partition coefficient (Wildman–Crippen LogP) is 3.13. The molecule has 1 aliphatic rings. The summed E-state index contributed by atoms with van der Waals surface area (Å²) in [6.45, 7) is 5.29. The molecule has 2 nitrogen and oxygen atoms in total. The Bertz CT molecular complexity index is 393. The molecule has 0 aromatic heterocycles. The van der Waals surface area contributed by atoms with Crippen molar-refractivity contribution in [2.24, 2.45) is 5.92 Å². The van der Waals surface area contributed by atoms with Crippen LogP contribution in [0.2, 0.25) is 0 Å². The minimum absolute atomic E-state index is 0.105. The van der Waals surface area contributed by atoms with E-state index >= 15 is 0 Å². The van der Waals surface area contributed by atoms with Crippen molar-refractivity contribution in [3.63, 3.8) is 0 Å². The van der Waals surface area contributed by atoms with Gasteiger partial charge in [-0.05, 0) is 56.1 Å². The Morgan fingerprint density at radius 2 is 1.89 bits per heavy atom. The van der Waals surface area contributed by atoms with Gasteiger partial charge in [-0.25, -0.2) is 4.39 Å². The number of carbonyl (C=O) groups excluding carboxylic acids is 1. The summed E-state index contributed by atoms with van der Waals surface area (Å²) < 4.78 is 12.7. The molecular weight excluding hydrogens is 229 g/mol. The average Bonchev–Trinajstić information content (AvgIpc) is 2.38. The average molecular weight is 249 g/mol. The molecule has 0 amide bonds. The van der Waals surface area contributed by atoms with Gasteiger partial charge in [-0.3, -0.25) is 4.79 Å². The van der Waals surface area contributed by atoms with Gasteiger partial charge in [0.15, 0.2) is 5.78 Å². The molecule has 0 N–H and O–H groups in total. The second kappa shape index (κ2) is 6.10. The molecule has 0 bridgehead atoms. The number of benzene rings is 1. The van der Waals surface area contributed by atoms with E-state index in [9.17, 15) is 9.18 Å². The normalized spacial score (nSPS) is 17.9. The monoisotopic (exact) mass is 249 g/mol. The van der Waals surface area contributed by atoms with Gasteiger partial charge in [0.1, 0.15) is 5.82 Å². The number of halogens is 1. The highest BCUT2D eigenvalue weighted by atomic mass is 19.1. The van der Waals surface area contributed by atoms with Crippen LogP contribution in [0, 0.1) is 11.7 Å². The summed E-state index contributed by atoms with van der Waals surface area (Å²) in [5.74, 6) is 0.624. The SMILES string of the molecule is CC1CCN(CCC(=O)c2ccc(F)cc2)CC1. The third-order valence-electron chi connectivity index (χ3n) is 3.70. The number of hydrogen-bond donors (Lipinski definition) is 0. The Balaban J connectivity index is 1.79. The van der Waals surface area contributed by atoms with Crippen molar-refractivity contribution >= 4 is 5.78 Å². The molecular formula is C15H20FNO. The molecule has 1 heterocycles. The minimum Gasteiger partial charge on any atom is -0.303 e. The van der Waals surface area contributed by atoms with Crippen LogP contribution in [0.25, 0.3) is 0 Å². The fourth-order valence-corrected chi connectivity index (χ4v) is 2.33. The van der Waals surface area contributed by atoms with Gasteiger partial charge in [-0.1, -0.05) is 6.92 Å². The van der Waals surface area contributed by atoms with Crippen LogP contribution in [0.3, 0.4) is 0 Å². The molecule has 18 heavy (non-hydrogen) atoms. The first kappa shape index (κ1) is 13.2. The van der Waals surface area contributed by atoms with Gasteiger partial charge >= 0.3 is 0 Å². The van der Waals surface area contributed by atoms with E-state index in [2.05, 4.69) is 11.8 Å². The maximum absolute atomic E-state index is 12.7. The number of nitrogens with zero attached hydrogens (tertiary/aromatic N) is 1. The lowest BCUT2D eigenvalue weighted by molar-refractivity contribution is 0.0953. The van der Waals surface area contributed by atoms with E-state index in [1.54, 1.807) is 12.1 Å². The van der Waals surface area contributed by atoms with Gasteiger partial charge in [0.05, 0.1) is 0 Å². The van der Waals surface area contributed by atoms with Crippen LogP contribution in [-0.4, -0.2) is 30.3 Å². The maximum atomic E-state index is 12.7. The van der Waals surface area contributed by atoms with Crippen molar-refractivity contribution in [3.8, 4) is 0 Å². The number of ketones is 1. The molecule has 0 saturated carbocycles. The lowest BCUT2D eigenvalue weighted by Crippen LogP contribution is -2.34. The Labute approximate surface area is 108 Å². The number of carbonyl (C=O) groups is 1. The second-order valence-corrected chi connectivity index (χ2v) is 5.20. The summed E-state index contributed by atoms with van der Waals surface area (Å²) in [5.41, 5.74) is 0.613. The van der Waals surface area contributed by atoms with Gasteiger partial charge in [0, 0.05) is 18.5 Å². The molecule has 98 valence electrons. The van der Waals surface area contributed by atoms with Crippen molar-refractivity contribution in [1.29, 1.82) is 0 Å². The van der Waals surface area contributed by atoms with Gasteiger partial charge in [0.25, 0.3) is 0 Å². The highest BCUT2D eigenvalue weighted by molar-refractivity contribution is 5.96. The number of piperidine rings is 1. The largest absolute Gasteiger partial charge is 0.303 e. The topological polar surface area (TPSA) is 20.3 Å². The molecule has 1 aromatic rings. The molecule has 2 rings (SSSR count). The zero-order valence-corrected chi connectivity index (χ0v) is 10.9. The molecule has 1 aliphatic heterocycles. The quantitative estimate of drug-likeness (QED) is 0.764. The second-order valence-electron chi connectivity index (χ2n) is 5.20. The third-order valence-corrected chi connectivity index (χ3v) is 3.70. The van der Waals surface area contributed by atoms with E-state index in [1.807, 2.05) is 0 Å². The van der Waals surface area contributed by atoms with E-state index in [-0.39, 0.29) is 11.6 Å². The highest BCUT2D eigenvalue weighted by Crippen LogP contribution is 2.16. The van der Waals surface area contributed by atoms with Crippen molar-refractivity contribution in [2.75, 3.05) is 19.6 Å². The molecule has 0 atom stereocenters. The fourth-order valence-electron chi connectivity index (χ4n) is 2.33. The van der Waals surface area contributed by atoms with Crippen molar-refractivity contribution in [2.45, 2.75) is 26.2 Å². The summed E-state index contributed by atoms with van der Waals surface area (Å²) in [7, 11) is 0. The Morgan fingerprint density at radius 1 is 1.28 bits per heavy atom. The van der Waals surface area contributed by atoms with Crippen LogP contribution in [-0.2, 0) is 0 Å². The molecule has 0 radical (unpaired) electrons. The van der Waals surface area contributed by atoms with Crippen LogP contribution in [0.4, 0.5) is 4.39 Å². The molecule has 0 aliphatic carbocycles. The maximum Gasteiger partial charge on any atom is 0.164 e. The van der Waals surface area contributed by atoms with E-state index < -0.39 is 0 Å². The summed E-state index contributed by atoms with van der Waals surface area (Å²) in [6, 6.07) is 5.82. The number of likely N-dealkylation sites (tertiary alicyclic amines) is 1. The van der Waals surface area contributed by atoms with Crippen molar-refractivity contribution in [3.05, 3.63) is 35.6 Å². The lowest BCUT2D eigenvalue weighted by Gasteiger charge is -2.29. The fraction of sp³-hybridized carbons (Fsp3) is 0.533.